The highest BCUT2D eigenvalue weighted by Crippen LogP contribution is 2.26. The van der Waals surface area contributed by atoms with Gasteiger partial charge in [-0.1, -0.05) is 18.2 Å². The summed E-state index contributed by atoms with van der Waals surface area (Å²) in [4.78, 5) is 40.9. The number of urea groups is 1. The maximum atomic E-state index is 11.9. The molecule has 2 aromatic carbocycles. The summed E-state index contributed by atoms with van der Waals surface area (Å²) in [5.41, 5.74) is 10.5. The third-order valence-corrected chi connectivity index (χ3v) is 6.09. The zero-order chi connectivity index (χ0) is 24.9. The lowest BCUT2D eigenvalue weighted by Crippen LogP contribution is -2.46. The number of carbonyl (C=O) groups excluding carboxylic acids is 2. The molecule has 10 heteroatoms. The van der Waals surface area contributed by atoms with Crippen LogP contribution in [-0.2, 0) is 4.79 Å². The molecule has 36 heavy (non-hydrogen) atoms. The molecule has 1 fully saturated rings. The van der Waals surface area contributed by atoms with E-state index in [0.717, 1.165) is 54.2 Å². The number of hydrogen-bond donors (Lipinski definition) is 3. The van der Waals surface area contributed by atoms with Gasteiger partial charge in [-0.05, 0) is 47.5 Å². The lowest BCUT2D eigenvalue weighted by atomic mass is 10.0. The molecule has 0 spiro atoms. The minimum atomic E-state index is -0.740. The summed E-state index contributed by atoms with van der Waals surface area (Å²) in [6.45, 7) is 3.37. The number of benzene rings is 2. The smallest absolute Gasteiger partial charge is 0.312 e. The van der Waals surface area contributed by atoms with Crippen LogP contribution in [0.3, 0.4) is 0 Å². The molecule has 4 aromatic rings. The van der Waals surface area contributed by atoms with Crippen LogP contribution in [0, 0.1) is 0 Å². The van der Waals surface area contributed by atoms with Crippen molar-refractivity contribution in [3.8, 4) is 11.1 Å². The van der Waals surface area contributed by atoms with Gasteiger partial charge in [-0.3, -0.25) is 14.8 Å². The molecule has 5 rings (SSSR count). The Balaban J connectivity index is 1.27. The van der Waals surface area contributed by atoms with Crippen molar-refractivity contribution in [1.29, 1.82) is 0 Å². The average molecular weight is 483 g/mol. The van der Waals surface area contributed by atoms with E-state index < -0.39 is 6.03 Å². The van der Waals surface area contributed by atoms with Crippen molar-refractivity contribution in [1.82, 2.24) is 20.3 Å². The fraction of sp³-hybridized carbons (Fsp3) is 0.192. The summed E-state index contributed by atoms with van der Waals surface area (Å²) in [6.07, 6.45) is 5.48. The van der Waals surface area contributed by atoms with Crippen LogP contribution in [0.4, 0.5) is 22.0 Å². The summed E-state index contributed by atoms with van der Waals surface area (Å²) < 4.78 is 0. The number of primary amides is 1. The summed E-state index contributed by atoms with van der Waals surface area (Å²) in [7, 11) is 0. The highest BCUT2D eigenvalue weighted by Gasteiger charge is 2.19. The maximum absolute atomic E-state index is 11.9. The third-order valence-electron chi connectivity index (χ3n) is 6.09. The van der Waals surface area contributed by atoms with Gasteiger partial charge in [0.1, 0.15) is 5.82 Å². The van der Waals surface area contributed by atoms with Gasteiger partial charge >= 0.3 is 6.03 Å². The Hall–Kier alpha value is -4.73. The average Bonchev–Trinajstić information content (AvgIpc) is 2.92. The van der Waals surface area contributed by atoms with Gasteiger partial charge in [0.05, 0.1) is 23.8 Å². The second-order valence-electron chi connectivity index (χ2n) is 8.45. The molecule has 0 unspecified atom stereocenters. The van der Waals surface area contributed by atoms with Crippen LogP contribution >= 0.6 is 0 Å². The van der Waals surface area contributed by atoms with Gasteiger partial charge < -0.3 is 26.2 Å². The molecule has 1 aliphatic heterocycles. The summed E-state index contributed by atoms with van der Waals surface area (Å²) in [6, 6.07) is 16.8. The van der Waals surface area contributed by atoms with Crippen LogP contribution in [0.2, 0.25) is 0 Å². The molecule has 4 N–H and O–H groups in total. The van der Waals surface area contributed by atoms with E-state index in [1.54, 1.807) is 0 Å². The molecule has 1 saturated heterocycles. The molecule has 3 amide bonds. The standard InChI is InChI=1S/C26H26N8O2/c27-26(36)30-17-25(35)31-20-4-1-18(2-5-20)19-3-6-22-23(15-19)32-24(16-29-22)34-13-11-33(12-14-34)21-7-9-28-10-8-21/h1-10,15-16H,11-14,17H2,(H,31,35)(H3,27,30,36). The van der Waals surface area contributed by atoms with Gasteiger partial charge in [-0.2, -0.15) is 0 Å². The lowest BCUT2D eigenvalue weighted by molar-refractivity contribution is -0.115. The van der Waals surface area contributed by atoms with Crippen LogP contribution in [0.5, 0.6) is 0 Å². The SMILES string of the molecule is NC(=O)NCC(=O)Nc1ccc(-c2ccc3ncc(N4CCN(c5ccncc5)CC4)nc3c2)cc1. The van der Waals surface area contributed by atoms with Crippen LogP contribution in [0.25, 0.3) is 22.2 Å². The largest absolute Gasteiger partial charge is 0.368 e. The van der Waals surface area contributed by atoms with Gasteiger partial charge in [0.2, 0.25) is 5.91 Å². The lowest BCUT2D eigenvalue weighted by Gasteiger charge is -2.36. The van der Waals surface area contributed by atoms with Gasteiger partial charge in [-0.25, -0.2) is 9.78 Å². The van der Waals surface area contributed by atoms with Crippen molar-refractivity contribution in [3.63, 3.8) is 0 Å². The number of piperazine rings is 1. The minimum absolute atomic E-state index is 0.179. The molecular weight excluding hydrogens is 456 g/mol. The molecular formula is C26H26N8O2. The van der Waals surface area contributed by atoms with Crippen LogP contribution < -0.4 is 26.2 Å². The highest BCUT2D eigenvalue weighted by molar-refractivity contribution is 5.94. The van der Waals surface area contributed by atoms with Gasteiger partial charge in [0.25, 0.3) is 0 Å². The molecule has 3 heterocycles. The first kappa shape index (κ1) is 23.0. The van der Waals surface area contributed by atoms with Gasteiger partial charge in [0, 0.05) is 49.9 Å². The number of amides is 3. The number of carbonyl (C=O) groups is 2. The number of rotatable bonds is 6. The van der Waals surface area contributed by atoms with Crippen molar-refractivity contribution < 1.29 is 9.59 Å². The Labute approximate surface area is 208 Å². The maximum Gasteiger partial charge on any atom is 0.312 e. The topological polar surface area (TPSA) is 129 Å². The van der Waals surface area contributed by atoms with E-state index >= 15 is 0 Å². The number of fused-ring (bicyclic) bond motifs is 1. The zero-order valence-corrected chi connectivity index (χ0v) is 19.6. The number of nitrogens with zero attached hydrogens (tertiary/aromatic N) is 5. The minimum Gasteiger partial charge on any atom is -0.368 e. The molecule has 0 bridgehead atoms. The van der Waals surface area contributed by atoms with Gasteiger partial charge in [-0.15, -0.1) is 0 Å². The number of nitrogens with one attached hydrogen (secondary N) is 2. The van der Waals surface area contributed by atoms with E-state index in [4.69, 9.17) is 10.7 Å². The van der Waals surface area contributed by atoms with Crippen molar-refractivity contribution in [2.45, 2.75) is 0 Å². The molecule has 10 nitrogen and oxygen atoms in total. The van der Waals surface area contributed by atoms with Crippen molar-refractivity contribution in [2.24, 2.45) is 5.73 Å². The Morgan fingerprint density at radius 2 is 1.56 bits per heavy atom. The molecule has 0 aliphatic carbocycles. The number of aromatic nitrogens is 3. The number of hydrogen-bond acceptors (Lipinski definition) is 7. The van der Waals surface area contributed by atoms with Crippen molar-refractivity contribution in [2.75, 3.05) is 47.8 Å². The summed E-state index contributed by atoms with van der Waals surface area (Å²) in [5, 5.41) is 4.98. The van der Waals surface area contributed by atoms with Gasteiger partial charge in [0.15, 0.2) is 0 Å². The molecule has 1 aliphatic rings. The molecule has 2 aromatic heterocycles. The van der Waals surface area contributed by atoms with E-state index in [1.807, 2.05) is 73.2 Å². The van der Waals surface area contributed by atoms with Crippen LogP contribution in [0.15, 0.2) is 73.2 Å². The summed E-state index contributed by atoms with van der Waals surface area (Å²) in [5.74, 6) is 0.522. The van der Waals surface area contributed by atoms with E-state index in [9.17, 15) is 9.59 Å². The fourth-order valence-corrected chi connectivity index (χ4v) is 4.20. The molecule has 0 atom stereocenters. The Morgan fingerprint density at radius 1 is 0.861 bits per heavy atom. The normalized spacial score (nSPS) is 13.4. The highest BCUT2D eigenvalue weighted by atomic mass is 16.2. The van der Waals surface area contributed by atoms with E-state index in [2.05, 4.69) is 30.4 Å². The second-order valence-corrected chi connectivity index (χ2v) is 8.45. The zero-order valence-electron chi connectivity index (χ0n) is 19.6. The Bertz CT molecular complexity index is 1370. The first-order chi connectivity index (χ1) is 17.5. The van der Waals surface area contributed by atoms with E-state index in [1.165, 1.54) is 5.69 Å². The molecule has 0 saturated carbocycles. The number of pyridine rings is 1. The predicted octanol–water partition coefficient (Wildman–Crippen LogP) is 2.63. The monoisotopic (exact) mass is 482 g/mol. The van der Waals surface area contributed by atoms with E-state index in [-0.39, 0.29) is 12.5 Å². The first-order valence-corrected chi connectivity index (χ1v) is 11.7. The second kappa shape index (κ2) is 10.3. The summed E-state index contributed by atoms with van der Waals surface area (Å²) >= 11 is 0. The third kappa shape index (κ3) is 5.33. The van der Waals surface area contributed by atoms with Crippen LogP contribution in [-0.4, -0.2) is 59.6 Å². The quantitative estimate of drug-likeness (QED) is 0.385. The predicted molar refractivity (Wildman–Crippen MR) is 140 cm³/mol. The van der Waals surface area contributed by atoms with Crippen molar-refractivity contribution >= 4 is 40.2 Å². The Morgan fingerprint density at radius 3 is 2.28 bits per heavy atom. The first-order valence-electron chi connectivity index (χ1n) is 11.7. The van der Waals surface area contributed by atoms with E-state index in [0.29, 0.717) is 5.69 Å². The van der Waals surface area contributed by atoms with Crippen LogP contribution in [0.1, 0.15) is 0 Å². The molecule has 182 valence electrons. The fourth-order valence-electron chi connectivity index (χ4n) is 4.20. The number of anilines is 3. The number of nitrogens with two attached hydrogens (primary N) is 1. The Kier molecular flexibility index (Phi) is 6.57. The molecule has 0 radical (unpaired) electrons. The van der Waals surface area contributed by atoms with Crippen molar-refractivity contribution in [3.05, 3.63) is 73.2 Å².